The number of nitrogens with zero attached hydrogens (tertiary/aromatic N) is 1. The summed E-state index contributed by atoms with van der Waals surface area (Å²) in [5.74, 6) is 0. The molecule has 1 aromatic carbocycles. The maximum Gasteiger partial charge on any atom is 0.0774 e. The number of hydrogen-bond acceptors (Lipinski definition) is 2. The molecular weight excluding hydrogens is 184 g/mol. The third-order valence-electron chi connectivity index (χ3n) is 2.28. The Kier molecular flexibility index (Phi) is 3.10. The first kappa shape index (κ1) is 9.87. The number of aromatic nitrogens is 1. The number of likely N-dealkylation sites (N-methyl/N-ethyl adjacent to an activating group) is 1. The standard InChI is InChI=1S/C13H14N2/c1-14-9-3-7-11-5-2-6-12-8-4-10-15-13(11)12/h2-8,10,14H,9H2,1H3. The van der Waals surface area contributed by atoms with E-state index in [9.17, 15) is 0 Å². The van der Waals surface area contributed by atoms with Crippen LogP contribution in [0.5, 0.6) is 0 Å². The largest absolute Gasteiger partial charge is 0.316 e. The Labute approximate surface area is 89.7 Å². The van der Waals surface area contributed by atoms with Gasteiger partial charge in [0.1, 0.15) is 0 Å². The molecule has 0 aliphatic heterocycles. The van der Waals surface area contributed by atoms with E-state index in [4.69, 9.17) is 0 Å². The molecule has 2 rings (SSSR count). The van der Waals surface area contributed by atoms with Crippen molar-refractivity contribution in [2.75, 3.05) is 13.6 Å². The topological polar surface area (TPSA) is 24.9 Å². The second-order valence-electron chi connectivity index (χ2n) is 3.38. The molecule has 15 heavy (non-hydrogen) atoms. The lowest BCUT2D eigenvalue weighted by Crippen LogP contribution is -2.03. The minimum absolute atomic E-state index is 0.878. The summed E-state index contributed by atoms with van der Waals surface area (Å²) >= 11 is 0. The zero-order valence-corrected chi connectivity index (χ0v) is 8.77. The van der Waals surface area contributed by atoms with Crippen LogP contribution in [-0.4, -0.2) is 18.6 Å². The third kappa shape index (κ3) is 2.22. The molecule has 1 N–H and O–H groups in total. The summed E-state index contributed by atoms with van der Waals surface area (Å²) in [5.41, 5.74) is 2.23. The Hall–Kier alpha value is -1.67. The normalized spacial score (nSPS) is 11.3. The Morgan fingerprint density at radius 2 is 2.13 bits per heavy atom. The molecule has 0 saturated heterocycles. The zero-order valence-electron chi connectivity index (χ0n) is 8.77. The first-order valence-electron chi connectivity index (χ1n) is 5.06. The van der Waals surface area contributed by atoms with Crippen molar-refractivity contribution in [1.82, 2.24) is 10.3 Å². The van der Waals surface area contributed by atoms with E-state index >= 15 is 0 Å². The number of nitrogens with one attached hydrogen (secondary N) is 1. The highest BCUT2D eigenvalue weighted by atomic mass is 14.8. The average molecular weight is 198 g/mol. The fourth-order valence-electron chi connectivity index (χ4n) is 1.57. The van der Waals surface area contributed by atoms with Crippen molar-refractivity contribution in [3.05, 3.63) is 48.2 Å². The highest BCUT2D eigenvalue weighted by molar-refractivity contribution is 5.86. The Morgan fingerprint density at radius 1 is 1.27 bits per heavy atom. The predicted octanol–water partition coefficient (Wildman–Crippen LogP) is 2.47. The molecule has 0 aliphatic rings. The van der Waals surface area contributed by atoms with Gasteiger partial charge >= 0.3 is 0 Å². The van der Waals surface area contributed by atoms with E-state index in [0.29, 0.717) is 0 Å². The van der Waals surface area contributed by atoms with Crippen LogP contribution in [0.4, 0.5) is 0 Å². The van der Waals surface area contributed by atoms with Crippen LogP contribution >= 0.6 is 0 Å². The number of fused-ring (bicyclic) bond motifs is 1. The van der Waals surface area contributed by atoms with E-state index in [2.05, 4.69) is 46.7 Å². The monoisotopic (exact) mass is 198 g/mol. The molecule has 0 radical (unpaired) electrons. The van der Waals surface area contributed by atoms with Crippen LogP contribution in [0.3, 0.4) is 0 Å². The van der Waals surface area contributed by atoms with Crippen LogP contribution in [0, 0.1) is 0 Å². The van der Waals surface area contributed by atoms with Gasteiger partial charge in [0, 0.05) is 23.7 Å². The molecule has 1 heterocycles. The van der Waals surface area contributed by atoms with Gasteiger partial charge < -0.3 is 5.32 Å². The molecular formula is C13H14N2. The molecule has 0 amide bonds. The molecule has 1 aromatic heterocycles. The number of rotatable bonds is 3. The SMILES string of the molecule is CNCC=Cc1cccc2cccnc12. The molecule has 2 nitrogen and oxygen atoms in total. The summed E-state index contributed by atoms with van der Waals surface area (Å²) in [6.07, 6.45) is 6.03. The van der Waals surface area contributed by atoms with Crippen LogP contribution in [0.15, 0.2) is 42.6 Å². The number of para-hydroxylation sites is 1. The number of pyridine rings is 1. The second-order valence-corrected chi connectivity index (χ2v) is 3.38. The van der Waals surface area contributed by atoms with Gasteiger partial charge in [-0.15, -0.1) is 0 Å². The second kappa shape index (κ2) is 4.71. The van der Waals surface area contributed by atoms with Gasteiger partial charge in [0.2, 0.25) is 0 Å². The smallest absolute Gasteiger partial charge is 0.0774 e. The van der Waals surface area contributed by atoms with Gasteiger partial charge in [-0.3, -0.25) is 4.98 Å². The van der Waals surface area contributed by atoms with Crippen LogP contribution in [0.1, 0.15) is 5.56 Å². The number of hydrogen-bond donors (Lipinski definition) is 1. The predicted molar refractivity (Wildman–Crippen MR) is 64.7 cm³/mol. The maximum atomic E-state index is 4.39. The molecule has 2 aromatic rings. The highest BCUT2D eigenvalue weighted by Gasteiger charge is 1.96. The van der Waals surface area contributed by atoms with E-state index in [1.54, 1.807) is 0 Å². The summed E-state index contributed by atoms with van der Waals surface area (Å²) in [7, 11) is 1.94. The van der Waals surface area contributed by atoms with Crippen molar-refractivity contribution in [1.29, 1.82) is 0 Å². The van der Waals surface area contributed by atoms with Gasteiger partial charge in [-0.25, -0.2) is 0 Å². The van der Waals surface area contributed by atoms with Crippen LogP contribution in [0.2, 0.25) is 0 Å². The molecule has 0 aliphatic carbocycles. The first-order valence-corrected chi connectivity index (χ1v) is 5.06. The van der Waals surface area contributed by atoms with Gasteiger partial charge in [-0.05, 0) is 13.1 Å². The van der Waals surface area contributed by atoms with Crippen molar-refractivity contribution >= 4 is 17.0 Å². The summed E-state index contributed by atoms with van der Waals surface area (Å²) in [6.45, 7) is 0.878. The van der Waals surface area contributed by atoms with Crippen LogP contribution in [-0.2, 0) is 0 Å². The van der Waals surface area contributed by atoms with Gasteiger partial charge in [0.15, 0.2) is 0 Å². The Balaban J connectivity index is 2.42. The van der Waals surface area contributed by atoms with Crippen molar-refractivity contribution in [2.45, 2.75) is 0 Å². The quantitative estimate of drug-likeness (QED) is 0.819. The van der Waals surface area contributed by atoms with Crippen molar-refractivity contribution < 1.29 is 0 Å². The lowest BCUT2D eigenvalue weighted by atomic mass is 10.1. The van der Waals surface area contributed by atoms with Gasteiger partial charge in [0.05, 0.1) is 5.52 Å². The van der Waals surface area contributed by atoms with E-state index in [1.165, 1.54) is 10.9 Å². The van der Waals surface area contributed by atoms with Crippen molar-refractivity contribution in [3.8, 4) is 0 Å². The molecule has 0 spiro atoms. The molecule has 76 valence electrons. The van der Waals surface area contributed by atoms with Crippen molar-refractivity contribution in [2.24, 2.45) is 0 Å². The summed E-state index contributed by atoms with van der Waals surface area (Å²) in [4.78, 5) is 4.39. The van der Waals surface area contributed by atoms with Crippen LogP contribution in [0.25, 0.3) is 17.0 Å². The van der Waals surface area contributed by atoms with Crippen LogP contribution < -0.4 is 5.32 Å². The average Bonchev–Trinajstić information content (AvgIpc) is 2.30. The van der Waals surface area contributed by atoms with Gasteiger partial charge in [-0.1, -0.05) is 36.4 Å². The molecule has 0 fully saturated rings. The third-order valence-corrected chi connectivity index (χ3v) is 2.28. The molecule has 2 heteroatoms. The minimum atomic E-state index is 0.878. The number of benzene rings is 1. The fraction of sp³-hybridized carbons (Fsp3) is 0.154. The maximum absolute atomic E-state index is 4.39. The minimum Gasteiger partial charge on any atom is -0.316 e. The fourth-order valence-corrected chi connectivity index (χ4v) is 1.57. The highest BCUT2D eigenvalue weighted by Crippen LogP contribution is 2.16. The van der Waals surface area contributed by atoms with Gasteiger partial charge in [0.25, 0.3) is 0 Å². The van der Waals surface area contributed by atoms with Gasteiger partial charge in [-0.2, -0.15) is 0 Å². The Morgan fingerprint density at radius 3 is 3.00 bits per heavy atom. The molecule has 0 unspecified atom stereocenters. The molecule has 0 bridgehead atoms. The van der Waals surface area contributed by atoms with E-state index in [1.807, 2.05) is 19.3 Å². The summed E-state index contributed by atoms with van der Waals surface area (Å²) in [6, 6.07) is 10.3. The van der Waals surface area contributed by atoms with E-state index in [-0.39, 0.29) is 0 Å². The summed E-state index contributed by atoms with van der Waals surface area (Å²) < 4.78 is 0. The lowest BCUT2D eigenvalue weighted by molar-refractivity contribution is 0.922. The molecule has 0 saturated carbocycles. The van der Waals surface area contributed by atoms with E-state index < -0.39 is 0 Å². The Bertz CT molecular complexity index is 469. The van der Waals surface area contributed by atoms with E-state index in [0.717, 1.165) is 12.1 Å². The first-order chi connectivity index (χ1) is 7.42. The lowest BCUT2D eigenvalue weighted by Gasteiger charge is -2.00. The zero-order chi connectivity index (χ0) is 10.5. The molecule has 0 atom stereocenters. The van der Waals surface area contributed by atoms with Crippen molar-refractivity contribution in [3.63, 3.8) is 0 Å². The summed E-state index contributed by atoms with van der Waals surface area (Å²) in [5, 5.41) is 4.26.